The lowest BCUT2D eigenvalue weighted by Crippen LogP contribution is -2.39. The molecule has 9 nitrogen and oxygen atoms in total. The Balaban J connectivity index is 1.67. The number of nitrogens with one attached hydrogen (secondary N) is 2. The van der Waals surface area contributed by atoms with Crippen molar-refractivity contribution in [3.8, 4) is 5.88 Å². The molecule has 0 spiro atoms. The molecule has 2 aromatic heterocycles. The minimum atomic E-state index is -1.02. The van der Waals surface area contributed by atoms with Gasteiger partial charge < -0.3 is 20.5 Å². The Morgan fingerprint density at radius 1 is 1.44 bits per heavy atom. The Labute approximate surface area is 155 Å². The van der Waals surface area contributed by atoms with Gasteiger partial charge in [-0.3, -0.25) is 14.7 Å². The van der Waals surface area contributed by atoms with E-state index in [0.29, 0.717) is 36.6 Å². The van der Waals surface area contributed by atoms with Crippen molar-refractivity contribution in [1.29, 1.82) is 0 Å². The number of anilines is 3. The maximum Gasteiger partial charge on any atom is 0.404 e. The van der Waals surface area contributed by atoms with Crippen molar-refractivity contribution >= 4 is 29.2 Å². The first-order valence-electron chi connectivity index (χ1n) is 8.64. The predicted molar refractivity (Wildman–Crippen MR) is 97.6 cm³/mol. The summed E-state index contributed by atoms with van der Waals surface area (Å²) in [4.78, 5) is 33.9. The van der Waals surface area contributed by atoms with Gasteiger partial charge in [-0.15, -0.1) is 0 Å². The first kappa shape index (κ1) is 17.1. The van der Waals surface area contributed by atoms with Gasteiger partial charge in [0.2, 0.25) is 5.88 Å². The Kier molecular flexibility index (Phi) is 4.27. The third-order valence-corrected chi connectivity index (χ3v) is 4.78. The lowest BCUT2D eigenvalue weighted by molar-refractivity contribution is -0.116. The highest BCUT2D eigenvalue weighted by Crippen LogP contribution is 2.36. The summed E-state index contributed by atoms with van der Waals surface area (Å²) in [5.41, 5.74) is 3.27. The molecular weight excluding hydrogens is 350 g/mol. The molecule has 0 bridgehead atoms. The van der Waals surface area contributed by atoms with Crippen LogP contribution in [0.25, 0.3) is 0 Å². The number of aryl methyl sites for hydroxylation is 1. The van der Waals surface area contributed by atoms with Gasteiger partial charge >= 0.3 is 6.09 Å². The Morgan fingerprint density at radius 2 is 2.30 bits per heavy atom. The molecule has 2 amide bonds. The molecule has 2 aliphatic rings. The Morgan fingerprint density at radius 3 is 3.07 bits per heavy atom. The summed E-state index contributed by atoms with van der Waals surface area (Å²) in [6, 6.07) is 5.36. The van der Waals surface area contributed by atoms with Gasteiger partial charge in [0.05, 0.1) is 31.2 Å². The van der Waals surface area contributed by atoms with E-state index in [1.807, 2.05) is 12.1 Å². The maximum absolute atomic E-state index is 12.6. The first-order valence-corrected chi connectivity index (χ1v) is 8.64. The van der Waals surface area contributed by atoms with E-state index in [-0.39, 0.29) is 18.5 Å². The fourth-order valence-electron chi connectivity index (χ4n) is 3.50. The Hall–Kier alpha value is -3.36. The molecule has 0 saturated carbocycles. The van der Waals surface area contributed by atoms with Crippen LogP contribution in [0.4, 0.5) is 22.0 Å². The second-order valence-electron chi connectivity index (χ2n) is 6.50. The number of methoxy groups -OCH3 is 1. The zero-order chi connectivity index (χ0) is 19.0. The SMILES string of the molecule is COc1ccc2c(n1)N(c1cnc3c(c1)CCC(NC(=O)O)C3)C(=O)CN2. The van der Waals surface area contributed by atoms with Crippen LogP contribution in [0.15, 0.2) is 24.4 Å². The fourth-order valence-corrected chi connectivity index (χ4v) is 3.50. The van der Waals surface area contributed by atoms with Gasteiger partial charge in [-0.2, -0.15) is 4.98 Å². The van der Waals surface area contributed by atoms with Crippen LogP contribution >= 0.6 is 0 Å². The van der Waals surface area contributed by atoms with E-state index in [0.717, 1.165) is 16.9 Å². The smallest absolute Gasteiger partial charge is 0.404 e. The number of nitrogens with zero attached hydrogens (tertiary/aromatic N) is 3. The zero-order valence-corrected chi connectivity index (χ0v) is 14.7. The van der Waals surface area contributed by atoms with Crippen molar-refractivity contribution in [3.63, 3.8) is 0 Å². The molecule has 27 heavy (non-hydrogen) atoms. The Bertz CT molecular complexity index is 917. The zero-order valence-electron chi connectivity index (χ0n) is 14.7. The van der Waals surface area contributed by atoms with E-state index in [9.17, 15) is 9.59 Å². The number of carbonyl (C=O) groups is 2. The van der Waals surface area contributed by atoms with Gasteiger partial charge in [0.1, 0.15) is 0 Å². The number of hydrogen-bond acceptors (Lipinski definition) is 6. The molecule has 2 aromatic rings. The molecule has 0 fully saturated rings. The lowest BCUT2D eigenvalue weighted by Gasteiger charge is -2.30. The summed E-state index contributed by atoms with van der Waals surface area (Å²) >= 11 is 0. The average molecular weight is 369 g/mol. The molecule has 0 radical (unpaired) electrons. The van der Waals surface area contributed by atoms with E-state index < -0.39 is 6.09 Å². The van der Waals surface area contributed by atoms with Crippen LogP contribution in [0.2, 0.25) is 0 Å². The van der Waals surface area contributed by atoms with Crippen LogP contribution in [0.1, 0.15) is 17.7 Å². The van der Waals surface area contributed by atoms with Crippen LogP contribution in [0.5, 0.6) is 5.88 Å². The summed E-state index contributed by atoms with van der Waals surface area (Å²) in [6.07, 6.45) is 2.54. The fraction of sp³-hybridized carbons (Fsp3) is 0.333. The monoisotopic (exact) mass is 369 g/mol. The first-order chi connectivity index (χ1) is 13.0. The molecule has 9 heteroatoms. The van der Waals surface area contributed by atoms with Crippen molar-refractivity contribution < 1.29 is 19.4 Å². The van der Waals surface area contributed by atoms with E-state index in [4.69, 9.17) is 9.84 Å². The number of aromatic nitrogens is 2. The molecule has 1 unspecified atom stereocenters. The number of ether oxygens (including phenoxy) is 1. The van der Waals surface area contributed by atoms with E-state index in [1.54, 1.807) is 17.2 Å². The van der Waals surface area contributed by atoms with Crippen molar-refractivity contribution in [3.05, 3.63) is 35.7 Å². The molecule has 1 aliphatic carbocycles. The number of rotatable bonds is 3. The van der Waals surface area contributed by atoms with Crippen molar-refractivity contribution in [1.82, 2.24) is 15.3 Å². The van der Waals surface area contributed by atoms with E-state index in [2.05, 4.69) is 20.6 Å². The maximum atomic E-state index is 12.6. The normalized spacial score (nSPS) is 18.2. The number of pyridine rings is 2. The molecule has 0 aromatic carbocycles. The summed E-state index contributed by atoms with van der Waals surface area (Å²) in [6.45, 7) is 0.169. The second kappa shape index (κ2) is 6.75. The highest BCUT2D eigenvalue weighted by atomic mass is 16.5. The number of carbonyl (C=O) groups excluding carboxylic acids is 1. The summed E-state index contributed by atoms with van der Waals surface area (Å²) in [7, 11) is 1.53. The highest BCUT2D eigenvalue weighted by Gasteiger charge is 2.29. The number of fused-ring (bicyclic) bond motifs is 2. The molecule has 140 valence electrons. The van der Waals surface area contributed by atoms with Crippen LogP contribution in [0, 0.1) is 0 Å². The van der Waals surface area contributed by atoms with E-state index >= 15 is 0 Å². The molecular formula is C18H19N5O4. The number of carboxylic acid groups (broad SMARTS) is 1. The molecule has 1 atom stereocenters. The van der Waals surface area contributed by atoms with Crippen LogP contribution in [0.3, 0.4) is 0 Å². The third-order valence-electron chi connectivity index (χ3n) is 4.78. The number of hydrogen-bond donors (Lipinski definition) is 3. The van der Waals surface area contributed by atoms with Crippen LogP contribution in [-0.4, -0.2) is 46.8 Å². The minimum Gasteiger partial charge on any atom is -0.481 e. The van der Waals surface area contributed by atoms with Crippen LogP contribution in [-0.2, 0) is 17.6 Å². The molecule has 3 N–H and O–H groups in total. The molecule has 3 heterocycles. The number of amides is 2. The average Bonchev–Trinajstić information content (AvgIpc) is 2.66. The molecule has 1 aliphatic heterocycles. The van der Waals surface area contributed by atoms with Gasteiger partial charge in [-0.1, -0.05) is 0 Å². The van der Waals surface area contributed by atoms with Gasteiger partial charge in [0, 0.05) is 24.2 Å². The summed E-state index contributed by atoms with van der Waals surface area (Å²) in [5.74, 6) is 0.767. The van der Waals surface area contributed by atoms with Crippen molar-refractivity contribution in [2.75, 3.05) is 23.9 Å². The topological polar surface area (TPSA) is 117 Å². The van der Waals surface area contributed by atoms with Gasteiger partial charge in [0.25, 0.3) is 5.91 Å². The molecule has 4 rings (SSSR count). The van der Waals surface area contributed by atoms with Gasteiger partial charge in [-0.25, -0.2) is 4.79 Å². The van der Waals surface area contributed by atoms with Crippen molar-refractivity contribution in [2.45, 2.75) is 25.3 Å². The van der Waals surface area contributed by atoms with Crippen LogP contribution < -0.4 is 20.3 Å². The second-order valence-corrected chi connectivity index (χ2v) is 6.50. The minimum absolute atomic E-state index is 0.133. The van der Waals surface area contributed by atoms with Crippen molar-refractivity contribution in [2.24, 2.45) is 0 Å². The third kappa shape index (κ3) is 3.23. The highest BCUT2D eigenvalue weighted by molar-refractivity contribution is 6.07. The van der Waals surface area contributed by atoms with E-state index in [1.165, 1.54) is 7.11 Å². The quantitative estimate of drug-likeness (QED) is 0.754. The van der Waals surface area contributed by atoms with Gasteiger partial charge in [-0.05, 0) is 30.5 Å². The summed E-state index contributed by atoms with van der Waals surface area (Å²) in [5, 5.41) is 14.5. The largest absolute Gasteiger partial charge is 0.481 e. The lowest BCUT2D eigenvalue weighted by atomic mass is 9.92. The molecule has 0 saturated heterocycles. The predicted octanol–water partition coefficient (Wildman–Crippen LogP) is 1.70. The summed E-state index contributed by atoms with van der Waals surface area (Å²) < 4.78 is 5.19. The standard InChI is InChI=1S/C18H19N5O4/c1-27-15-5-4-13-17(22-15)23(16(24)9-20-13)12-6-10-2-3-11(21-18(25)26)7-14(10)19-8-12/h4-6,8,11,20-21H,2-3,7,9H2,1H3,(H,25,26). The van der Waals surface area contributed by atoms with Gasteiger partial charge in [0.15, 0.2) is 5.82 Å².